The summed E-state index contributed by atoms with van der Waals surface area (Å²) < 4.78 is 1.86. The van der Waals surface area contributed by atoms with Crippen LogP contribution < -0.4 is 0 Å². The highest BCUT2D eigenvalue weighted by Gasteiger charge is 2.02. The molecule has 0 N–H and O–H groups in total. The van der Waals surface area contributed by atoms with Crippen LogP contribution in [0, 0.1) is 0 Å². The number of rotatable bonds is 3. The third-order valence-corrected chi connectivity index (χ3v) is 2.02. The van der Waals surface area contributed by atoms with Gasteiger partial charge in [0.1, 0.15) is 5.78 Å². The number of aryl methyl sites for hydroxylation is 1. The van der Waals surface area contributed by atoms with E-state index in [9.17, 15) is 4.79 Å². The zero-order chi connectivity index (χ0) is 9.97. The molecule has 2 aromatic rings. The molecule has 0 aromatic carbocycles. The fourth-order valence-corrected chi connectivity index (χ4v) is 1.30. The molecule has 0 radical (unpaired) electrons. The Bertz CT molecular complexity index is 428. The molecule has 14 heavy (non-hydrogen) atoms. The summed E-state index contributed by atoms with van der Waals surface area (Å²) in [5.74, 6) is 0.876. The molecule has 0 atom stereocenters. The summed E-state index contributed by atoms with van der Waals surface area (Å²) in [6.45, 7) is 1.59. The number of fused-ring (bicyclic) bond motifs is 1. The SMILES string of the molecule is CC(=O)CCc1cn2cccnc2n1. The van der Waals surface area contributed by atoms with E-state index in [2.05, 4.69) is 9.97 Å². The molecule has 2 rings (SSSR count). The fourth-order valence-electron chi connectivity index (χ4n) is 1.30. The summed E-state index contributed by atoms with van der Waals surface area (Å²) in [7, 11) is 0. The first-order valence-corrected chi connectivity index (χ1v) is 4.54. The number of carbonyl (C=O) groups is 1. The van der Waals surface area contributed by atoms with Crippen molar-refractivity contribution in [1.82, 2.24) is 14.4 Å². The Morgan fingerprint density at radius 1 is 1.57 bits per heavy atom. The Morgan fingerprint density at radius 2 is 2.43 bits per heavy atom. The van der Waals surface area contributed by atoms with Gasteiger partial charge in [0.15, 0.2) is 0 Å². The molecular weight excluding hydrogens is 178 g/mol. The summed E-state index contributed by atoms with van der Waals surface area (Å²) >= 11 is 0. The third-order valence-electron chi connectivity index (χ3n) is 2.02. The minimum atomic E-state index is 0.190. The van der Waals surface area contributed by atoms with Crippen LogP contribution in [-0.4, -0.2) is 20.2 Å². The molecule has 0 aliphatic carbocycles. The van der Waals surface area contributed by atoms with Crippen molar-refractivity contribution < 1.29 is 4.79 Å². The number of aromatic nitrogens is 3. The lowest BCUT2D eigenvalue weighted by molar-refractivity contribution is -0.116. The van der Waals surface area contributed by atoms with Gasteiger partial charge in [-0.1, -0.05) is 0 Å². The Kier molecular flexibility index (Phi) is 2.26. The molecule has 0 saturated carbocycles. The molecule has 0 aliphatic rings. The van der Waals surface area contributed by atoms with E-state index in [0.29, 0.717) is 18.6 Å². The molecule has 0 unspecified atom stereocenters. The second-order valence-electron chi connectivity index (χ2n) is 3.26. The van der Waals surface area contributed by atoms with Crippen LogP contribution in [0.3, 0.4) is 0 Å². The van der Waals surface area contributed by atoms with Gasteiger partial charge in [-0.15, -0.1) is 0 Å². The van der Waals surface area contributed by atoms with Gasteiger partial charge in [0, 0.05) is 25.0 Å². The van der Waals surface area contributed by atoms with Gasteiger partial charge in [-0.25, -0.2) is 9.97 Å². The lowest BCUT2D eigenvalue weighted by Crippen LogP contribution is -1.93. The molecule has 2 heterocycles. The van der Waals surface area contributed by atoms with Crippen LogP contribution >= 0.6 is 0 Å². The summed E-state index contributed by atoms with van der Waals surface area (Å²) in [5.41, 5.74) is 0.916. The van der Waals surface area contributed by atoms with E-state index < -0.39 is 0 Å². The maximum Gasteiger partial charge on any atom is 0.233 e. The standard InChI is InChI=1S/C10H11N3O/c1-8(14)3-4-9-7-13-6-2-5-11-10(13)12-9/h2,5-7H,3-4H2,1H3. The molecule has 0 spiro atoms. The van der Waals surface area contributed by atoms with Crippen molar-refractivity contribution in [3.05, 3.63) is 30.4 Å². The topological polar surface area (TPSA) is 47.3 Å². The molecule has 4 heteroatoms. The number of ketones is 1. The van der Waals surface area contributed by atoms with E-state index in [0.717, 1.165) is 5.69 Å². The first-order valence-electron chi connectivity index (χ1n) is 4.54. The van der Waals surface area contributed by atoms with Crippen LogP contribution in [0.1, 0.15) is 19.0 Å². The lowest BCUT2D eigenvalue weighted by Gasteiger charge is -1.89. The van der Waals surface area contributed by atoms with E-state index in [1.807, 2.05) is 22.9 Å². The highest BCUT2D eigenvalue weighted by Crippen LogP contribution is 2.04. The van der Waals surface area contributed by atoms with E-state index >= 15 is 0 Å². The van der Waals surface area contributed by atoms with Crippen molar-refractivity contribution >= 4 is 11.6 Å². The molecule has 0 saturated heterocycles. The van der Waals surface area contributed by atoms with Gasteiger partial charge < -0.3 is 4.79 Å². The molecule has 4 nitrogen and oxygen atoms in total. The minimum Gasteiger partial charge on any atom is -0.300 e. The van der Waals surface area contributed by atoms with E-state index in [1.165, 1.54) is 0 Å². The van der Waals surface area contributed by atoms with Crippen molar-refractivity contribution in [2.24, 2.45) is 0 Å². The average Bonchev–Trinajstić information content (AvgIpc) is 2.57. The van der Waals surface area contributed by atoms with Gasteiger partial charge in [0.05, 0.1) is 5.69 Å². The smallest absolute Gasteiger partial charge is 0.233 e. The Morgan fingerprint density at radius 3 is 3.14 bits per heavy atom. The van der Waals surface area contributed by atoms with Crippen molar-refractivity contribution in [3.63, 3.8) is 0 Å². The third kappa shape index (κ3) is 1.79. The van der Waals surface area contributed by atoms with Crippen LogP contribution in [0.15, 0.2) is 24.7 Å². The molecule has 2 aromatic heterocycles. The monoisotopic (exact) mass is 189 g/mol. The fraction of sp³-hybridized carbons (Fsp3) is 0.300. The van der Waals surface area contributed by atoms with E-state index in [1.54, 1.807) is 13.1 Å². The molecule has 0 amide bonds. The van der Waals surface area contributed by atoms with Gasteiger partial charge in [-0.3, -0.25) is 4.40 Å². The number of hydrogen-bond donors (Lipinski definition) is 0. The zero-order valence-corrected chi connectivity index (χ0v) is 7.97. The predicted octanol–water partition coefficient (Wildman–Crippen LogP) is 1.25. The van der Waals surface area contributed by atoms with E-state index in [4.69, 9.17) is 0 Å². The summed E-state index contributed by atoms with van der Waals surface area (Å²) in [4.78, 5) is 19.2. The average molecular weight is 189 g/mol. The summed E-state index contributed by atoms with van der Waals surface area (Å²) in [5, 5.41) is 0. The number of carbonyl (C=O) groups excluding carboxylic acids is 1. The molecule has 0 bridgehead atoms. The first-order chi connectivity index (χ1) is 6.75. The first kappa shape index (κ1) is 8.87. The Balaban J connectivity index is 2.22. The summed E-state index contributed by atoms with van der Waals surface area (Å²) in [6.07, 6.45) is 6.75. The largest absolute Gasteiger partial charge is 0.300 e. The normalized spacial score (nSPS) is 10.6. The minimum absolute atomic E-state index is 0.190. The van der Waals surface area contributed by atoms with Gasteiger partial charge in [0.25, 0.3) is 0 Å². The number of imidazole rings is 1. The maximum atomic E-state index is 10.8. The van der Waals surface area contributed by atoms with Crippen LogP contribution in [0.25, 0.3) is 5.78 Å². The van der Waals surface area contributed by atoms with Crippen molar-refractivity contribution in [1.29, 1.82) is 0 Å². The van der Waals surface area contributed by atoms with Crippen molar-refractivity contribution in [2.75, 3.05) is 0 Å². The molecular formula is C10H11N3O. The highest BCUT2D eigenvalue weighted by molar-refractivity contribution is 5.75. The predicted molar refractivity (Wildman–Crippen MR) is 52.0 cm³/mol. The van der Waals surface area contributed by atoms with Crippen molar-refractivity contribution in [3.8, 4) is 0 Å². The Labute approximate surface area is 81.6 Å². The second-order valence-corrected chi connectivity index (χ2v) is 3.26. The second kappa shape index (κ2) is 3.57. The quantitative estimate of drug-likeness (QED) is 0.730. The van der Waals surface area contributed by atoms with Crippen LogP contribution in [0.2, 0.25) is 0 Å². The van der Waals surface area contributed by atoms with Gasteiger partial charge in [0.2, 0.25) is 5.78 Å². The molecule has 72 valence electrons. The van der Waals surface area contributed by atoms with Crippen LogP contribution in [0.5, 0.6) is 0 Å². The number of hydrogen-bond acceptors (Lipinski definition) is 3. The van der Waals surface area contributed by atoms with Gasteiger partial charge in [-0.05, 0) is 19.4 Å². The van der Waals surface area contributed by atoms with Crippen LogP contribution in [-0.2, 0) is 11.2 Å². The summed E-state index contributed by atoms with van der Waals surface area (Å²) in [6, 6.07) is 1.85. The maximum absolute atomic E-state index is 10.8. The number of nitrogens with zero attached hydrogens (tertiary/aromatic N) is 3. The van der Waals surface area contributed by atoms with Crippen molar-refractivity contribution in [2.45, 2.75) is 19.8 Å². The lowest BCUT2D eigenvalue weighted by atomic mass is 10.2. The Hall–Kier alpha value is -1.71. The highest BCUT2D eigenvalue weighted by atomic mass is 16.1. The number of Topliss-reactive ketones (excluding diaryl/α,β-unsaturated/α-hetero) is 1. The van der Waals surface area contributed by atoms with E-state index in [-0.39, 0.29) is 5.78 Å². The van der Waals surface area contributed by atoms with Gasteiger partial charge >= 0.3 is 0 Å². The zero-order valence-electron chi connectivity index (χ0n) is 7.97. The molecule has 0 aliphatic heterocycles. The van der Waals surface area contributed by atoms with Gasteiger partial charge in [-0.2, -0.15) is 0 Å². The van der Waals surface area contributed by atoms with Crippen LogP contribution in [0.4, 0.5) is 0 Å². The molecule has 0 fully saturated rings.